The van der Waals surface area contributed by atoms with E-state index in [4.69, 9.17) is 5.11 Å². The van der Waals surface area contributed by atoms with Gasteiger partial charge in [0.2, 0.25) is 0 Å². The van der Waals surface area contributed by atoms with Crippen molar-refractivity contribution in [1.29, 1.82) is 0 Å². The maximum absolute atomic E-state index is 9.06. The van der Waals surface area contributed by atoms with Crippen molar-refractivity contribution < 1.29 is 5.11 Å². The summed E-state index contributed by atoms with van der Waals surface area (Å²) >= 11 is 7.66. The minimum atomic E-state index is 0.115. The molecule has 1 heterocycles. The van der Waals surface area contributed by atoms with Crippen LogP contribution in [0.5, 0.6) is 0 Å². The molecule has 1 nitrogen and oxygen atoms in total. The van der Waals surface area contributed by atoms with Crippen LogP contribution in [0.25, 0.3) is 10.1 Å². The van der Waals surface area contributed by atoms with E-state index in [9.17, 15) is 0 Å². The molecule has 2 rings (SSSR count). The number of aliphatic hydroxyl groups is 1. The van der Waals surface area contributed by atoms with E-state index in [1.807, 2.05) is 6.07 Å². The molecule has 1 aromatic carbocycles. The van der Waals surface area contributed by atoms with Crippen molar-refractivity contribution in [2.24, 2.45) is 0 Å². The molecule has 0 aliphatic carbocycles. The molecule has 74 valence electrons. The highest BCUT2D eigenvalue weighted by molar-refractivity contribution is 14.1. The molecule has 0 fully saturated rings. The Morgan fingerprint density at radius 1 is 1.43 bits per heavy atom. The molecule has 1 aromatic heterocycles. The highest BCUT2D eigenvalue weighted by Gasteiger charge is 2.08. The van der Waals surface area contributed by atoms with E-state index in [-0.39, 0.29) is 6.61 Å². The molecule has 0 bridgehead atoms. The molecule has 0 aliphatic rings. The highest BCUT2D eigenvalue weighted by Crippen LogP contribution is 2.34. The lowest BCUT2D eigenvalue weighted by atomic mass is 10.1. The number of fused-ring (bicyclic) bond motifs is 1. The maximum Gasteiger partial charge on any atom is 0.0706 e. The molecule has 0 unspecified atom stereocenters. The van der Waals surface area contributed by atoms with Crippen LogP contribution in [0.1, 0.15) is 11.1 Å². The number of thiophene rings is 1. The average Bonchev–Trinajstić information content (AvgIpc) is 2.52. The summed E-state index contributed by atoms with van der Waals surface area (Å²) in [4.78, 5) is 0. The number of halogens is 2. The number of aliphatic hydroxyl groups excluding tert-OH is 1. The zero-order valence-electron chi connectivity index (χ0n) is 7.26. The zero-order valence-corrected chi connectivity index (χ0v) is 11.8. The molecular weight excluding hydrogens is 375 g/mol. The maximum atomic E-state index is 9.06. The Balaban J connectivity index is 2.71. The van der Waals surface area contributed by atoms with E-state index in [0.29, 0.717) is 0 Å². The third kappa shape index (κ3) is 1.85. The predicted octanol–water partition coefficient (Wildman–Crippen LogP) is 3.89. The van der Waals surface area contributed by atoms with Crippen molar-refractivity contribution in [3.63, 3.8) is 0 Å². The van der Waals surface area contributed by atoms with E-state index >= 15 is 0 Å². The molecule has 0 radical (unpaired) electrons. The second-order valence-electron chi connectivity index (χ2n) is 2.98. The fourth-order valence-corrected chi connectivity index (χ4v) is 4.80. The van der Waals surface area contributed by atoms with E-state index in [1.165, 1.54) is 18.5 Å². The molecule has 14 heavy (non-hydrogen) atoms. The van der Waals surface area contributed by atoms with Crippen LogP contribution in [-0.2, 0) is 11.9 Å². The van der Waals surface area contributed by atoms with Gasteiger partial charge in [0, 0.05) is 10.0 Å². The minimum Gasteiger partial charge on any atom is -0.392 e. The first-order valence-electron chi connectivity index (χ1n) is 4.13. The summed E-state index contributed by atoms with van der Waals surface area (Å²) < 4.78 is 2.62. The summed E-state index contributed by atoms with van der Waals surface area (Å²) in [5.74, 6) is 0. The van der Waals surface area contributed by atoms with Crippen LogP contribution in [0.4, 0.5) is 0 Å². The van der Waals surface area contributed by atoms with Gasteiger partial charge in [-0.05, 0) is 51.2 Å². The molecule has 4 heteroatoms. The first-order valence-corrected chi connectivity index (χ1v) is 7.14. The Morgan fingerprint density at radius 3 is 2.86 bits per heavy atom. The van der Waals surface area contributed by atoms with Crippen LogP contribution < -0.4 is 0 Å². The Bertz CT molecular complexity index is 466. The first-order chi connectivity index (χ1) is 6.76. The molecule has 2 aromatic rings. The molecular formula is C10H8BrIOS. The molecule has 0 saturated heterocycles. The third-order valence-electron chi connectivity index (χ3n) is 2.12. The van der Waals surface area contributed by atoms with Gasteiger partial charge in [-0.1, -0.05) is 22.0 Å². The third-order valence-corrected chi connectivity index (χ3v) is 5.00. The fraction of sp³-hybridized carbons (Fsp3) is 0.200. The van der Waals surface area contributed by atoms with Gasteiger partial charge in [0.25, 0.3) is 0 Å². The lowest BCUT2D eigenvalue weighted by molar-refractivity contribution is 0.282. The molecule has 0 atom stereocenters. The van der Waals surface area contributed by atoms with Crippen LogP contribution >= 0.6 is 49.9 Å². The van der Waals surface area contributed by atoms with Crippen molar-refractivity contribution in [1.82, 2.24) is 0 Å². The summed E-state index contributed by atoms with van der Waals surface area (Å²) in [6, 6.07) is 6.14. The van der Waals surface area contributed by atoms with Gasteiger partial charge < -0.3 is 5.11 Å². The quantitative estimate of drug-likeness (QED) is 0.617. The Morgan fingerprint density at radius 2 is 2.21 bits per heavy atom. The Labute approximate surface area is 108 Å². The average molecular weight is 383 g/mol. The summed E-state index contributed by atoms with van der Waals surface area (Å²) in [5.41, 5.74) is 2.31. The van der Waals surface area contributed by atoms with Gasteiger partial charge >= 0.3 is 0 Å². The molecule has 0 saturated carbocycles. The topological polar surface area (TPSA) is 20.2 Å². The van der Waals surface area contributed by atoms with E-state index in [2.05, 4.69) is 50.7 Å². The fourth-order valence-electron chi connectivity index (χ4n) is 1.39. The normalized spacial score (nSPS) is 11.1. The lowest BCUT2D eigenvalue weighted by Crippen LogP contribution is -1.82. The number of rotatable bonds is 2. The largest absolute Gasteiger partial charge is 0.392 e. The van der Waals surface area contributed by atoms with Gasteiger partial charge in [0.1, 0.15) is 0 Å². The van der Waals surface area contributed by atoms with Crippen molar-refractivity contribution in [2.45, 2.75) is 11.9 Å². The summed E-state index contributed by atoms with van der Waals surface area (Å²) in [6.45, 7) is 0.115. The number of hydrogen-bond acceptors (Lipinski definition) is 2. The highest BCUT2D eigenvalue weighted by atomic mass is 127. The first kappa shape index (κ1) is 10.9. The number of alkyl halides is 1. The van der Waals surface area contributed by atoms with Gasteiger partial charge in [0.05, 0.1) is 9.49 Å². The minimum absolute atomic E-state index is 0.115. The van der Waals surface area contributed by atoms with Gasteiger partial charge in [-0.15, -0.1) is 11.3 Å². The zero-order chi connectivity index (χ0) is 10.1. The molecule has 0 spiro atoms. The predicted molar refractivity (Wildman–Crippen MR) is 73.1 cm³/mol. The van der Waals surface area contributed by atoms with Crippen LogP contribution in [0.2, 0.25) is 0 Å². The summed E-state index contributed by atoms with van der Waals surface area (Å²) in [6.07, 6.45) is 0. The SMILES string of the molecule is OCc1ccc2sc(I)c(CBr)c2c1. The number of hydrogen-bond donors (Lipinski definition) is 1. The standard InChI is InChI=1S/C10H8BrIOS/c11-4-8-7-3-6(5-13)1-2-9(7)14-10(8)12/h1-3,13H,4-5H2. The summed E-state index contributed by atoms with van der Waals surface area (Å²) in [5, 5.41) is 11.2. The monoisotopic (exact) mass is 382 g/mol. The van der Waals surface area contributed by atoms with Crippen molar-refractivity contribution in [3.8, 4) is 0 Å². The van der Waals surface area contributed by atoms with Gasteiger partial charge in [-0.25, -0.2) is 0 Å². The second kappa shape index (κ2) is 4.47. The summed E-state index contributed by atoms with van der Waals surface area (Å²) in [7, 11) is 0. The van der Waals surface area contributed by atoms with Crippen molar-refractivity contribution in [2.75, 3.05) is 0 Å². The van der Waals surface area contributed by atoms with E-state index in [1.54, 1.807) is 11.3 Å². The van der Waals surface area contributed by atoms with Crippen LogP contribution in [0, 0.1) is 2.88 Å². The van der Waals surface area contributed by atoms with Crippen LogP contribution in [0.15, 0.2) is 18.2 Å². The van der Waals surface area contributed by atoms with E-state index < -0.39 is 0 Å². The van der Waals surface area contributed by atoms with Gasteiger partial charge in [-0.3, -0.25) is 0 Å². The smallest absolute Gasteiger partial charge is 0.0706 e. The van der Waals surface area contributed by atoms with Gasteiger partial charge in [-0.2, -0.15) is 0 Å². The van der Waals surface area contributed by atoms with Crippen LogP contribution in [-0.4, -0.2) is 5.11 Å². The Hall–Kier alpha value is 0.350. The molecule has 0 aliphatic heterocycles. The lowest BCUT2D eigenvalue weighted by Gasteiger charge is -1.97. The van der Waals surface area contributed by atoms with Crippen molar-refractivity contribution in [3.05, 3.63) is 32.2 Å². The molecule has 1 N–H and O–H groups in total. The van der Waals surface area contributed by atoms with Crippen LogP contribution in [0.3, 0.4) is 0 Å². The van der Waals surface area contributed by atoms with Gasteiger partial charge in [0.15, 0.2) is 0 Å². The Kier molecular flexibility index (Phi) is 3.46. The molecule has 0 amide bonds. The van der Waals surface area contributed by atoms with E-state index in [0.717, 1.165) is 10.9 Å². The van der Waals surface area contributed by atoms with Crippen molar-refractivity contribution >= 4 is 59.9 Å². The second-order valence-corrected chi connectivity index (χ2v) is 6.40. The number of benzene rings is 1.